The Bertz CT molecular complexity index is 623. The van der Waals surface area contributed by atoms with Crippen molar-refractivity contribution < 1.29 is 14.4 Å². The summed E-state index contributed by atoms with van der Waals surface area (Å²) in [5.41, 5.74) is 7.39. The molecule has 0 saturated heterocycles. The lowest BCUT2D eigenvalue weighted by molar-refractivity contribution is -0.139. The third kappa shape index (κ3) is 3.44. The lowest BCUT2D eigenvalue weighted by atomic mass is 9.90. The highest BCUT2D eigenvalue weighted by atomic mass is 16.2. The molecule has 1 fully saturated rings. The summed E-state index contributed by atoms with van der Waals surface area (Å²) in [5, 5.41) is 2.56. The van der Waals surface area contributed by atoms with Gasteiger partial charge in [-0.15, -0.1) is 0 Å². The number of aryl methyl sites for hydroxylation is 2. The quantitative estimate of drug-likeness (QED) is 0.552. The number of hydrazine groups is 1. The summed E-state index contributed by atoms with van der Waals surface area (Å²) in [4.78, 5) is 35.0. The van der Waals surface area contributed by atoms with Crippen molar-refractivity contribution >= 4 is 17.7 Å². The summed E-state index contributed by atoms with van der Waals surface area (Å²) < 4.78 is 0. The summed E-state index contributed by atoms with van der Waals surface area (Å²) in [6.45, 7) is 0. The fourth-order valence-electron chi connectivity index (χ4n) is 2.60. The topological polar surface area (TPSA) is 87.3 Å². The van der Waals surface area contributed by atoms with E-state index in [4.69, 9.17) is 0 Å². The first-order valence-electron chi connectivity index (χ1n) is 7.66. The Hall–Kier alpha value is -2.37. The van der Waals surface area contributed by atoms with Gasteiger partial charge in [-0.3, -0.25) is 25.2 Å². The monoisotopic (exact) mass is 301 g/mol. The van der Waals surface area contributed by atoms with E-state index in [2.05, 4.69) is 16.2 Å². The molecular formula is C16H19N3O3. The van der Waals surface area contributed by atoms with Gasteiger partial charge >= 0.3 is 11.8 Å². The Labute approximate surface area is 128 Å². The van der Waals surface area contributed by atoms with Crippen LogP contribution in [0.2, 0.25) is 0 Å². The van der Waals surface area contributed by atoms with Crippen LogP contribution in [0.4, 0.5) is 0 Å². The first-order chi connectivity index (χ1) is 10.6. The van der Waals surface area contributed by atoms with Crippen molar-refractivity contribution in [2.24, 2.45) is 0 Å². The van der Waals surface area contributed by atoms with E-state index in [0.29, 0.717) is 5.56 Å². The van der Waals surface area contributed by atoms with E-state index in [1.54, 1.807) is 6.07 Å². The van der Waals surface area contributed by atoms with Crippen LogP contribution in [0.1, 0.15) is 47.2 Å². The molecule has 0 bridgehead atoms. The van der Waals surface area contributed by atoms with Crippen LogP contribution in [0.25, 0.3) is 0 Å². The minimum absolute atomic E-state index is 0.106. The molecule has 1 saturated carbocycles. The van der Waals surface area contributed by atoms with Crippen molar-refractivity contribution in [2.45, 2.75) is 44.6 Å². The Morgan fingerprint density at radius 2 is 1.64 bits per heavy atom. The second-order valence-corrected chi connectivity index (χ2v) is 5.85. The number of nitrogens with one attached hydrogen (secondary N) is 3. The maximum absolute atomic E-state index is 12.0. The van der Waals surface area contributed by atoms with E-state index in [9.17, 15) is 14.4 Å². The number of carbonyl (C=O) groups is 3. The van der Waals surface area contributed by atoms with Crippen LogP contribution in [0.15, 0.2) is 18.2 Å². The first kappa shape index (κ1) is 14.6. The average molecular weight is 301 g/mol. The first-order valence-corrected chi connectivity index (χ1v) is 7.66. The van der Waals surface area contributed by atoms with Crippen LogP contribution in [-0.4, -0.2) is 23.8 Å². The summed E-state index contributed by atoms with van der Waals surface area (Å²) >= 11 is 0. The molecule has 0 spiro atoms. The standard InChI is InChI=1S/C16H19N3O3/c20-14(18-19-16(22)15(21)17-13-7-8-13)12-6-5-10-3-1-2-4-11(10)9-12/h5-6,9,13H,1-4,7-8H2,(H,17,21)(H,18,20)(H,19,22). The van der Waals surface area contributed by atoms with Crippen molar-refractivity contribution in [3.05, 3.63) is 34.9 Å². The van der Waals surface area contributed by atoms with Gasteiger partial charge in [0.25, 0.3) is 5.91 Å². The maximum Gasteiger partial charge on any atom is 0.327 e. The molecule has 0 radical (unpaired) electrons. The van der Waals surface area contributed by atoms with Gasteiger partial charge in [0.15, 0.2) is 0 Å². The minimum atomic E-state index is -0.849. The number of fused-ring (bicyclic) bond motifs is 1. The molecule has 0 aromatic heterocycles. The predicted octanol–water partition coefficient (Wildman–Crippen LogP) is 0.605. The summed E-state index contributed by atoms with van der Waals surface area (Å²) in [6.07, 6.45) is 6.16. The molecule has 0 aliphatic heterocycles. The van der Waals surface area contributed by atoms with Crippen molar-refractivity contribution in [2.75, 3.05) is 0 Å². The van der Waals surface area contributed by atoms with Gasteiger partial charge in [0.2, 0.25) is 0 Å². The zero-order valence-corrected chi connectivity index (χ0v) is 12.3. The predicted molar refractivity (Wildman–Crippen MR) is 79.9 cm³/mol. The molecule has 1 aromatic carbocycles. The van der Waals surface area contributed by atoms with Gasteiger partial charge in [0.1, 0.15) is 0 Å². The maximum atomic E-state index is 12.0. The zero-order valence-electron chi connectivity index (χ0n) is 12.3. The highest BCUT2D eigenvalue weighted by molar-refractivity contribution is 6.35. The molecule has 6 nitrogen and oxygen atoms in total. The number of carbonyl (C=O) groups excluding carboxylic acids is 3. The molecule has 6 heteroatoms. The SMILES string of the molecule is O=C(NNC(=O)c1ccc2c(c1)CCCC2)C(=O)NC1CC1. The molecule has 2 aliphatic rings. The molecule has 22 heavy (non-hydrogen) atoms. The highest BCUT2D eigenvalue weighted by Crippen LogP contribution is 2.22. The molecule has 3 rings (SSSR count). The smallest absolute Gasteiger partial charge is 0.327 e. The molecule has 0 atom stereocenters. The molecule has 2 aliphatic carbocycles. The van der Waals surface area contributed by atoms with Crippen molar-refractivity contribution in [3.8, 4) is 0 Å². The van der Waals surface area contributed by atoms with Crippen LogP contribution in [0.5, 0.6) is 0 Å². The number of hydrogen-bond acceptors (Lipinski definition) is 3. The Morgan fingerprint density at radius 1 is 0.909 bits per heavy atom. The number of rotatable bonds is 2. The molecule has 3 amide bonds. The molecular weight excluding hydrogens is 282 g/mol. The van der Waals surface area contributed by atoms with Gasteiger partial charge in [-0.1, -0.05) is 6.07 Å². The molecule has 1 aromatic rings. The lowest BCUT2D eigenvalue weighted by Gasteiger charge is -2.16. The number of hydrogen-bond donors (Lipinski definition) is 3. The van der Waals surface area contributed by atoms with Gasteiger partial charge in [-0.2, -0.15) is 0 Å². The van der Waals surface area contributed by atoms with Crippen LogP contribution in [0, 0.1) is 0 Å². The fourth-order valence-corrected chi connectivity index (χ4v) is 2.60. The molecule has 0 heterocycles. The normalized spacial score (nSPS) is 16.4. The van der Waals surface area contributed by atoms with Gasteiger partial charge in [0.05, 0.1) is 0 Å². The van der Waals surface area contributed by atoms with Gasteiger partial charge in [0, 0.05) is 11.6 Å². The van der Waals surface area contributed by atoms with Gasteiger partial charge in [-0.25, -0.2) is 0 Å². The average Bonchev–Trinajstić information content (AvgIpc) is 3.35. The largest absolute Gasteiger partial charge is 0.345 e. The van der Waals surface area contributed by atoms with E-state index in [-0.39, 0.29) is 6.04 Å². The molecule has 0 unspecified atom stereocenters. The Balaban J connectivity index is 1.55. The highest BCUT2D eigenvalue weighted by Gasteiger charge is 2.26. The van der Waals surface area contributed by atoms with Crippen LogP contribution in [-0.2, 0) is 22.4 Å². The van der Waals surface area contributed by atoms with E-state index in [1.807, 2.05) is 12.1 Å². The third-order valence-electron chi connectivity index (χ3n) is 4.02. The second-order valence-electron chi connectivity index (χ2n) is 5.85. The number of benzene rings is 1. The molecule has 116 valence electrons. The van der Waals surface area contributed by atoms with Gasteiger partial charge < -0.3 is 5.32 Å². The van der Waals surface area contributed by atoms with Crippen molar-refractivity contribution in [3.63, 3.8) is 0 Å². The van der Waals surface area contributed by atoms with Crippen LogP contribution < -0.4 is 16.2 Å². The van der Waals surface area contributed by atoms with E-state index in [1.165, 1.54) is 17.5 Å². The minimum Gasteiger partial charge on any atom is -0.345 e. The molecule has 3 N–H and O–H groups in total. The van der Waals surface area contributed by atoms with Gasteiger partial charge in [-0.05, 0) is 61.8 Å². The van der Waals surface area contributed by atoms with Crippen molar-refractivity contribution in [1.29, 1.82) is 0 Å². The third-order valence-corrected chi connectivity index (χ3v) is 4.02. The Morgan fingerprint density at radius 3 is 2.36 bits per heavy atom. The van der Waals surface area contributed by atoms with Crippen molar-refractivity contribution in [1.82, 2.24) is 16.2 Å². The summed E-state index contributed by atoms with van der Waals surface area (Å²) in [7, 11) is 0. The second kappa shape index (κ2) is 6.17. The van der Waals surface area contributed by atoms with E-state index >= 15 is 0 Å². The zero-order chi connectivity index (χ0) is 15.5. The summed E-state index contributed by atoms with van der Waals surface area (Å²) in [5.74, 6) is -1.98. The lowest BCUT2D eigenvalue weighted by Crippen LogP contribution is -2.49. The van der Waals surface area contributed by atoms with Crippen LogP contribution >= 0.6 is 0 Å². The number of amides is 3. The van der Waals surface area contributed by atoms with E-state index < -0.39 is 17.7 Å². The fraction of sp³-hybridized carbons (Fsp3) is 0.438. The van der Waals surface area contributed by atoms with E-state index in [0.717, 1.165) is 32.1 Å². The Kier molecular flexibility index (Phi) is 4.09. The summed E-state index contributed by atoms with van der Waals surface area (Å²) in [6, 6.07) is 5.68. The van der Waals surface area contributed by atoms with Crippen LogP contribution in [0.3, 0.4) is 0 Å².